The van der Waals surface area contributed by atoms with Crippen LogP contribution in [0.4, 0.5) is 10.5 Å². The Morgan fingerprint density at radius 1 is 1.04 bits per heavy atom. The van der Waals surface area contributed by atoms with Crippen molar-refractivity contribution in [2.45, 2.75) is 13.3 Å². The number of anilines is 1. The van der Waals surface area contributed by atoms with E-state index in [1.807, 2.05) is 29.2 Å². The number of hydrogen-bond acceptors (Lipinski definition) is 2. The zero-order valence-corrected chi connectivity index (χ0v) is 15.3. The van der Waals surface area contributed by atoms with Gasteiger partial charge in [-0.05, 0) is 42.7 Å². The summed E-state index contributed by atoms with van der Waals surface area (Å²) in [6.07, 6.45) is 0.812. The summed E-state index contributed by atoms with van der Waals surface area (Å²) in [5.41, 5.74) is 3.72. The van der Waals surface area contributed by atoms with Crippen molar-refractivity contribution in [1.29, 1.82) is 0 Å². The number of hydrogen-bond donors (Lipinski definition) is 1. The number of halogens is 1. The number of aryl methyl sites for hydroxylation is 1. The zero-order chi connectivity index (χ0) is 17.6. The molecule has 0 aliphatic carbocycles. The van der Waals surface area contributed by atoms with Gasteiger partial charge in [0.25, 0.3) is 0 Å². The maximum Gasteiger partial charge on any atom is 0.317 e. The number of nitrogens with one attached hydrogen (secondary N) is 1. The van der Waals surface area contributed by atoms with Crippen molar-refractivity contribution in [2.75, 3.05) is 37.6 Å². The van der Waals surface area contributed by atoms with Crippen molar-refractivity contribution in [3.8, 4) is 0 Å². The van der Waals surface area contributed by atoms with Crippen molar-refractivity contribution in [3.63, 3.8) is 0 Å². The molecule has 0 unspecified atom stereocenters. The van der Waals surface area contributed by atoms with Gasteiger partial charge in [0.2, 0.25) is 0 Å². The molecule has 1 aliphatic heterocycles. The second-order valence-corrected chi connectivity index (χ2v) is 6.81. The molecule has 1 saturated heterocycles. The van der Waals surface area contributed by atoms with E-state index in [2.05, 4.69) is 41.4 Å². The predicted molar refractivity (Wildman–Crippen MR) is 104 cm³/mol. The zero-order valence-electron chi connectivity index (χ0n) is 14.5. The first kappa shape index (κ1) is 17.6. The number of amides is 2. The molecule has 132 valence electrons. The van der Waals surface area contributed by atoms with Crippen LogP contribution >= 0.6 is 11.6 Å². The van der Waals surface area contributed by atoms with E-state index >= 15 is 0 Å². The van der Waals surface area contributed by atoms with Crippen molar-refractivity contribution in [1.82, 2.24) is 10.2 Å². The Hall–Kier alpha value is -2.20. The Labute approximate surface area is 154 Å². The fraction of sp³-hybridized carbons (Fsp3) is 0.350. The van der Waals surface area contributed by atoms with Gasteiger partial charge in [-0.2, -0.15) is 0 Å². The molecule has 1 aliphatic rings. The van der Waals surface area contributed by atoms with Gasteiger partial charge in [0.05, 0.1) is 0 Å². The van der Waals surface area contributed by atoms with Crippen molar-refractivity contribution < 1.29 is 4.79 Å². The third kappa shape index (κ3) is 4.67. The minimum Gasteiger partial charge on any atom is -0.368 e. The number of nitrogens with zero attached hydrogens (tertiary/aromatic N) is 2. The first-order chi connectivity index (χ1) is 12.1. The second-order valence-electron chi connectivity index (χ2n) is 6.37. The van der Waals surface area contributed by atoms with Crippen LogP contribution in [0.25, 0.3) is 0 Å². The molecular formula is C20H24ClN3O. The molecule has 0 saturated carbocycles. The van der Waals surface area contributed by atoms with E-state index in [1.165, 1.54) is 16.8 Å². The summed E-state index contributed by atoms with van der Waals surface area (Å²) in [6.45, 7) is 6.01. The lowest BCUT2D eigenvalue weighted by Crippen LogP contribution is -2.52. The van der Waals surface area contributed by atoms with E-state index in [9.17, 15) is 4.79 Å². The van der Waals surface area contributed by atoms with Gasteiger partial charge in [-0.1, -0.05) is 41.9 Å². The van der Waals surface area contributed by atoms with E-state index in [0.29, 0.717) is 6.54 Å². The number of urea groups is 1. The van der Waals surface area contributed by atoms with Gasteiger partial charge >= 0.3 is 6.03 Å². The van der Waals surface area contributed by atoms with Gasteiger partial charge in [0, 0.05) is 43.4 Å². The molecule has 2 aromatic carbocycles. The Morgan fingerprint density at radius 3 is 2.40 bits per heavy atom. The topological polar surface area (TPSA) is 35.6 Å². The average molecular weight is 358 g/mol. The highest BCUT2D eigenvalue weighted by Crippen LogP contribution is 2.20. The summed E-state index contributed by atoms with van der Waals surface area (Å²) < 4.78 is 0. The maximum absolute atomic E-state index is 12.3. The molecule has 2 amide bonds. The summed E-state index contributed by atoms with van der Waals surface area (Å²) in [6, 6.07) is 16.2. The van der Waals surface area contributed by atoms with Crippen molar-refractivity contribution >= 4 is 23.3 Å². The Morgan fingerprint density at radius 2 is 1.72 bits per heavy atom. The molecule has 4 nitrogen and oxygen atoms in total. The number of piperazine rings is 1. The summed E-state index contributed by atoms with van der Waals surface area (Å²) in [4.78, 5) is 16.6. The van der Waals surface area contributed by atoms with E-state index in [1.54, 1.807) is 0 Å². The first-order valence-electron chi connectivity index (χ1n) is 8.71. The quantitative estimate of drug-likeness (QED) is 0.905. The molecule has 0 atom stereocenters. The molecule has 0 radical (unpaired) electrons. The lowest BCUT2D eigenvalue weighted by Gasteiger charge is -2.36. The molecule has 3 rings (SSSR count). The van der Waals surface area contributed by atoms with Crippen molar-refractivity contribution in [2.24, 2.45) is 0 Å². The smallest absolute Gasteiger partial charge is 0.317 e. The molecule has 1 fully saturated rings. The van der Waals surface area contributed by atoms with Crippen LogP contribution in [0.3, 0.4) is 0 Å². The number of carbonyl (C=O) groups excluding carboxylic acids is 1. The third-order valence-corrected chi connectivity index (χ3v) is 4.88. The van der Waals surface area contributed by atoms with E-state index < -0.39 is 0 Å². The normalized spacial score (nSPS) is 14.5. The van der Waals surface area contributed by atoms with E-state index in [-0.39, 0.29) is 6.03 Å². The number of para-hydroxylation sites is 1. The van der Waals surface area contributed by atoms with Crippen molar-refractivity contribution in [3.05, 3.63) is 64.7 Å². The van der Waals surface area contributed by atoms with E-state index in [0.717, 1.165) is 37.6 Å². The van der Waals surface area contributed by atoms with Gasteiger partial charge in [-0.3, -0.25) is 0 Å². The molecule has 1 N–H and O–H groups in total. The van der Waals surface area contributed by atoms with Crippen LogP contribution in [0.15, 0.2) is 48.5 Å². The summed E-state index contributed by atoms with van der Waals surface area (Å²) >= 11 is 5.88. The summed E-state index contributed by atoms with van der Waals surface area (Å²) in [7, 11) is 0. The maximum atomic E-state index is 12.3. The van der Waals surface area contributed by atoms with Crippen LogP contribution in [0.5, 0.6) is 0 Å². The standard InChI is InChI=1S/C20H24ClN3O/c1-16-4-2-3-5-19(16)23-12-14-24(15-13-23)20(25)22-11-10-17-6-8-18(21)9-7-17/h2-9H,10-15H2,1H3,(H,22,25). The Bertz CT molecular complexity index is 709. The van der Waals surface area contributed by atoms with Crippen LogP contribution in [-0.2, 0) is 6.42 Å². The number of rotatable bonds is 4. The molecule has 2 aromatic rings. The van der Waals surface area contributed by atoms with Gasteiger partial charge < -0.3 is 15.1 Å². The van der Waals surface area contributed by atoms with E-state index in [4.69, 9.17) is 11.6 Å². The third-order valence-electron chi connectivity index (χ3n) is 4.63. The van der Waals surface area contributed by atoms with Crippen LogP contribution in [-0.4, -0.2) is 43.7 Å². The molecule has 0 spiro atoms. The number of carbonyl (C=O) groups is 1. The molecule has 5 heteroatoms. The highest BCUT2D eigenvalue weighted by molar-refractivity contribution is 6.30. The SMILES string of the molecule is Cc1ccccc1N1CCN(C(=O)NCCc2ccc(Cl)cc2)CC1. The summed E-state index contributed by atoms with van der Waals surface area (Å²) in [5, 5.41) is 3.75. The van der Waals surface area contributed by atoms with Crippen LogP contribution < -0.4 is 10.2 Å². The highest BCUT2D eigenvalue weighted by atomic mass is 35.5. The van der Waals surface area contributed by atoms with Crippen LogP contribution in [0.1, 0.15) is 11.1 Å². The van der Waals surface area contributed by atoms with Gasteiger partial charge in [-0.25, -0.2) is 4.79 Å². The molecule has 0 bridgehead atoms. The molecular weight excluding hydrogens is 334 g/mol. The lowest BCUT2D eigenvalue weighted by molar-refractivity contribution is 0.194. The highest BCUT2D eigenvalue weighted by Gasteiger charge is 2.21. The summed E-state index contributed by atoms with van der Waals surface area (Å²) in [5.74, 6) is 0. The lowest BCUT2D eigenvalue weighted by atomic mass is 10.1. The average Bonchev–Trinajstić information content (AvgIpc) is 2.64. The molecule has 25 heavy (non-hydrogen) atoms. The van der Waals surface area contributed by atoms with Gasteiger partial charge in [-0.15, -0.1) is 0 Å². The molecule has 0 aromatic heterocycles. The minimum absolute atomic E-state index is 0.0263. The fourth-order valence-corrected chi connectivity index (χ4v) is 3.27. The minimum atomic E-state index is 0.0263. The Kier molecular flexibility index (Phi) is 5.82. The fourth-order valence-electron chi connectivity index (χ4n) is 3.15. The monoisotopic (exact) mass is 357 g/mol. The van der Waals surface area contributed by atoms with Gasteiger partial charge in [0.1, 0.15) is 0 Å². The largest absolute Gasteiger partial charge is 0.368 e. The number of benzene rings is 2. The first-order valence-corrected chi connectivity index (χ1v) is 9.09. The second kappa shape index (κ2) is 8.26. The van der Waals surface area contributed by atoms with Crippen LogP contribution in [0.2, 0.25) is 5.02 Å². The predicted octanol–water partition coefficient (Wildman–Crippen LogP) is 3.72. The van der Waals surface area contributed by atoms with Crippen LogP contribution in [0, 0.1) is 6.92 Å². The Balaban J connectivity index is 1.44. The van der Waals surface area contributed by atoms with Gasteiger partial charge in [0.15, 0.2) is 0 Å². The molecule has 1 heterocycles.